The van der Waals surface area contributed by atoms with Crippen molar-refractivity contribution < 1.29 is 9.32 Å². The van der Waals surface area contributed by atoms with E-state index in [9.17, 15) is 4.79 Å². The summed E-state index contributed by atoms with van der Waals surface area (Å²) in [6.45, 7) is 5.20. The van der Waals surface area contributed by atoms with E-state index in [4.69, 9.17) is 4.52 Å². The summed E-state index contributed by atoms with van der Waals surface area (Å²) in [5.41, 5.74) is 1.68. The summed E-state index contributed by atoms with van der Waals surface area (Å²) < 4.78 is 5.44. The summed E-state index contributed by atoms with van der Waals surface area (Å²) in [7, 11) is 2.04. The van der Waals surface area contributed by atoms with Crippen LogP contribution in [0.15, 0.2) is 40.9 Å². The molecule has 6 nitrogen and oxygen atoms in total. The maximum atomic E-state index is 12.8. The molecule has 0 aliphatic carbocycles. The molecule has 2 saturated heterocycles. The Morgan fingerprint density at radius 1 is 1.19 bits per heavy atom. The minimum atomic E-state index is 0.000867. The maximum Gasteiger partial charge on any atom is 0.276 e. The normalized spacial score (nSPS) is 20.7. The van der Waals surface area contributed by atoms with Gasteiger partial charge in [-0.05, 0) is 32.0 Å². The number of hydrogen-bond acceptors (Lipinski definition) is 5. The summed E-state index contributed by atoms with van der Waals surface area (Å²) in [5.74, 6) is 0.731. The lowest BCUT2D eigenvalue weighted by molar-refractivity contribution is 0.0365. The van der Waals surface area contributed by atoms with Crippen molar-refractivity contribution in [1.29, 1.82) is 0 Å². The Kier molecular flexibility index (Phi) is 5.55. The number of fused-ring (bicyclic) bond motifs is 1. The molecule has 0 bridgehead atoms. The van der Waals surface area contributed by atoms with Gasteiger partial charge < -0.3 is 9.42 Å². The van der Waals surface area contributed by atoms with Gasteiger partial charge in [-0.3, -0.25) is 14.6 Å². The lowest BCUT2D eigenvalue weighted by Gasteiger charge is -2.43. The van der Waals surface area contributed by atoms with E-state index in [1.165, 1.54) is 31.4 Å². The quantitative estimate of drug-likeness (QED) is 0.812. The van der Waals surface area contributed by atoms with Crippen molar-refractivity contribution in [3.05, 3.63) is 53.4 Å². The molecule has 6 heteroatoms. The third-order valence-corrected chi connectivity index (χ3v) is 5.62. The zero-order valence-corrected chi connectivity index (χ0v) is 16.0. The molecule has 1 aromatic carbocycles. The van der Waals surface area contributed by atoms with E-state index in [1.54, 1.807) is 6.07 Å². The maximum absolute atomic E-state index is 12.8. The summed E-state index contributed by atoms with van der Waals surface area (Å²) >= 11 is 0. The molecule has 0 saturated carbocycles. The number of amides is 1. The van der Waals surface area contributed by atoms with E-state index in [1.807, 2.05) is 30.1 Å². The Labute approximate surface area is 160 Å². The number of nitrogens with zero attached hydrogens (tertiary/aromatic N) is 4. The van der Waals surface area contributed by atoms with Crippen LogP contribution < -0.4 is 0 Å². The Bertz CT molecular complexity index is 761. The highest BCUT2D eigenvalue weighted by Crippen LogP contribution is 2.22. The summed E-state index contributed by atoms with van der Waals surface area (Å²) in [6, 6.07) is 12.6. The van der Waals surface area contributed by atoms with E-state index in [0.717, 1.165) is 31.9 Å². The van der Waals surface area contributed by atoms with Crippen LogP contribution in [0.4, 0.5) is 0 Å². The fourth-order valence-electron chi connectivity index (χ4n) is 4.21. The lowest BCUT2D eigenvalue weighted by atomic mass is 9.99. The van der Waals surface area contributed by atoms with Crippen LogP contribution in [0, 0.1) is 0 Å². The van der Waals surface area contributed by atoms with Crippen molar-refractivity contribution in [2.75, 3.05) is 33.2 Å². The Hall–Kier alpha value is -2.18. The Morgan fingerprint density at radius 3 is 2.89 bits per heavy atom. The third-order valence-electron chi connectivity index (χ3n) is 5.62. The van der Waals surface area contributed by atoms with E-state index in [2.05, 4.69) is 27.1 Å². The minimum absolute atomic E-state index is 0.000867. The largest absolute Gasteiger partial charge is 0.359 e. The highest BCUT2D eigenvalue weighted by atomic mass is 16.5. The lowest BCUT2D eigenvalue weighted by Crippen LogP contribution is -2.56. The molecule has 1 amide bonds. The van der Waals surface area contributed by atoms with Crippen LogP contribution in [0.1, 0.15) is 41.1 Å². The number of hydrogen-bond donors (Lipinski definition) is 0. The number of rotatable bonds is 5. The molecule has 2 aliphatic heterocycles. The molecular weight excluding hydrogens is 340 g/mol. The minimum Gasteiger partial charge on any atom is -0.359 e. The molecule has 3 heterocycles. The van der Waals surface area contributed by atoms with Gasteiger partial charge in [0, 0.05) is 38.3 Å². The van der Waals surface area contributed by atoms with Crippen LogP contribution in [0.2, 0.25) is 0 Å². The monoisotopic (exact) mass is 368 g/mol. The van der Waals surface area contributed by atoms with Crippen molar-refractivity contribution in [2.24, 2.45) is 0 Å². The summed E-state index contributed by atoms with van der Waals surface area (Å²) in [4.78, 5) is 19.5. The van der Waals surface area contributed by atoms with Crippen LogP contribution >= 0.6 is 0 Å². The second-order valence-electron chi connectivity index (χ2n) is 7.77. The van der Waals surface area contributed by atoms with E-state index in [0.29, 0.717) is 18.3 Å². The first kappa shape index (κ1) is 18.2. The van der Waals surface area contributed by atoms with Gasteiger partial charge in [0.25, 0.3) is 5.91 Å². The molecule has 144 valence electrons. The second kappa shape index (κ2) is 8.23. The SMILES string of the molecule is CN(Cc1ccccc1)Cc1cc(C(=O)N2CCN3CCCC[C@H]3C2)no1. The molecule has 0 unspecified atom stereocenters. The van der Waals surface area contributed by atoms with Gasteiger partial charge in [0.05, 0.1) is 6.54 Å². The first-order chi connectivity index (χ1) is 13.2. The van der Waals surface area contributed by atoms with Gasteiger partial charge >= 0.3 is 0 Å². The van der Waals surface area contributed by atoms with Gasteiger partial charge in [-0.1, -0.05) is 41.9 Å². The Morgan fingerprint density at radius 2 is 2.04 bits per heavy atom. The molecule has 0 spiro atoms. The molecule has 2 fully saturated rings. The number of piperazine rings is 1. The van der Waals surface area contributed by atoms with Crippen molar-refractivity contribution in [3.8, 4) is 0 Å². The van der Waals surface area contributed by atoms with Crippen LogP contribution in [0.3, 0.4) is 0 Å². The molecule has 2 aromatic rings. The van der Waals surface area contributed by atoms with Crippen LogP contribution in [-0.4, -0.2) is 65.0 Å². The third kappa shape index (κ3) is 4.39. The van der Waals surface area contributed by atoms with Crippen LogP contribution in [-0.2, 0) is 13.1 Å². The van der Waals surface area contributed by atoms with E-state index in [-0.39, 0.29) is 5.91 Å². The molecular formula is C21H28N4O2. The standard InChI is InChI=1S/C21H28N4O2/c1-23(14-17-7-3-2-4-8-17)16-19-13-20(22-27-19)21(26)25-12-11-24-10-6-5-9-18(24)15-25/h2-4,7-8,13,18H,5-6,9-12,14-16H2,1H3/t18-/m0/s1. The van der Waals surface area contributed by atoms with Crippen molar-refractivity contribution in [2.45, 2.75) is 38.4 Å². The van der Waals surface area contributed by atoms with Crippen molar-refractivity contribution >= 4 is 5.91 Å². The number of benzene rings is 1. The fourth-order valence-corrected chi connectivity index (χ4v) is 4.21. The first-order valence-corrected chi connectivity index (χ1v) is 9.90. The topological polar surface area (TPSA) is 52.8 Å². The predicted octanol–water partition coefficient (Wildman–Crippen LogP) is 2.62. The fraction of sp³-hybridized carbons (Fsp3) is 0.524. The average Bonchev–Trinajstić information content (AvgIpc) is 3.16. The van der Waals surface area contributed by atoms with Crippen LogP contribution in [0.5, 0.6) is 0 Å². The van der Waals surface area contributed by atoms with E-state index >= 15 is 0 Å². The average molecular weight is 368 g/mol. The van der Waals surface area contributed by atoms with Gasteiger partial charge in [0.2, 0.25) is 0 Å². The molecule has 2 aliphatic rings. The highest BCUT2D eigenvalue weighted by Gasteiger charge is 2.32. The molecule has 4 rings (SSSR count). The second-order valence-corrected chi connectivity index (χ2v) is 7.77. The van der Waals surface area contributed by atoms with Crippen LogP contribution in [0.25, 0.3) is 0 Å². The van der Waals surface area contributed by atoms with Gasteiger partial charge in [-0.2, -0.15) is 0 Å². The molecule has 27 heavy (non-hydrogen) atoms. The van der Waals surface area contributed by atoms with Gasteiger partial charge in [-0.25, -0.2) is 0 Å². The smallest absolute Gasteiger partial charge is 0.276 e. The summed E-state index contributed by atoms with van der Waals surface area (Å²) in [5, 5.41) is 4.05. The zero-order valence-electron chi connectivity index (χ0n) is 16.0. The predicted molar refractivity (Wildman–Crippen MR) is 103 cm³/mol. The number of carbonyl (C=O) groups excluding carboxylic acids is 1. The number of carbonyl (C=O) groups is 1. The summed E-state index contributed by atoms with van der Waals surface area (Å²) in [6.07, 6.45) is 3.75. The zero-order chi connectivity index (χ0) is 18.6. The number of aromatic nitrogens is 1. The highest BCUT2D eigenvalue weighted by molar-refractivity contribution is 5.92. The first-order valence-electron chi connectivity index (χ1n) is 9.90. The molecule has 0 radical (unpaired) electrons. The van der Waals surface area contributed by atoms with E-state index < -0.39 is 0 Å². The van der Waals surface area contributed by atoms with Gasteiger partial charge in [0.15, 0.2) is 11.5 Å². The molecule has 1 atom stereocenters. The van der Waals surface area contributed by atoms with Crippen molar-refractivity contribution in [1.82, 2.24) is 19.9 Å². The number of piperidine rings is 1. The van der Waals surface area contributed by atoms with Gasteiger partial charge in [0.1, 0.15) is 0 Å². The van der Waals surface area contributed by atoms with Crippen molar-refractivity contribution in [3.63, 3.8) is 0 Å². The van der Waals surface area contributed by atoms with Gasteiger partial charge in [-0.15, -0.1) is 0 Å². The molecule has 1 aromatic heterocycles. The Balaban J connectivity index is 1.33. The molecule has 0 N–H and O–H groups in total.